The van der Waals surface area contributed by atoms with E-state index < -0.39 is 17.3 Å². The van der Waals surface area contributed by atoms with Gasteiger partial charge < -0.3 is 0 Å². The summed E-state index contributed by atoms with van der Waals surface area (Å²) in [5, 5.41) is 10.8. The lowest BCUT2D eigenvalue weighted by molar-refractivity contribution is -0.395. The minimum absolute atomic E-state index is 0.237. The smallest absolute Gasteiger partial charge is 0.192 e. The second kappa shape index (κ2) is 4.44. The van der Waals surface area contributed by atoms with Crippen LogP contribution in [0, 0.1) is 11.3 Å². The zero-order valence-corrected chi connectivity index (χ0v) is 8.99. The Balaban J connectivity index is 3.46. The topological polar surface area (TPSA) is 26.8 Å². The van der Waals surface area contributed by atoms with E-state index in [1.54, 1.807) is 0 Å². The van der Waals surface area contributed by atoms with Gasteiger partial charge in [-0.3, -0.25) is 0 Å². The van der Waals surface area contributed by atoms with Gasteiger partial charge in [0.25, 0.3) is 5.16 Å². The van der Waals surface area contributed by atoms with E-state index in [0.29, 0.717) is 0 Å². The van der Waals surface area contributed by atoms with Crippen LogP contribution in [0.1, 0.15) is 11.1 Å². The number of rotatable bonds is 1. The molecule has 1 rings (SSSR count). The number of nitrogens with zero attached hydrogens (tertiary/aromatic N) is 2. The molecular weight excluding hydrogens is 237 g/mol. The van der Waals surface area contributed by atoms with Crippen LogP contribution in [0.5, 0.6) is 0 Å². The van der Waals surface area contributed by atoms with Crippen LogP contribution >= 0.6 is 12.2 Å². The van der Waals surface area contributed by atoms with Gasteiger partial charge in [-0.25, -0.2) is 0 Å². The molecule has 0 aliphatic rings. The van der Waals surface area contributed by atoms with Crippen LogP contribution in [0.2, 0.25) is 0 Å². The van der Waals surface area contributed by atoms with E-state index in [0.717, 1.165) is 12.1 Å². The molecule has 0 saturated carbocycles. The van der Waals surface area contributed by atoms with E-state index in [-0.39, 0.29) is 5.69 Å². The average Bonchev–Trinajstić information content (AvgIpc) is 2.26. The van der Waals surface area contributed by atoms with Crippen LogP contribution in [0.3, 0.4) is 0 Å². The molecule has 0 fully saturated rings. The Bertz CT molecular complexity index is 508. The lowest BCUT2D eigenvalue weighted by Crippen LogP contribution is -2.08. The highest BCUT2D eigenvalue weighted by atomic mass is 32.1. The molecule has 0 N–H and O–H groups in total. The molecule has 0 saturated heterocycles. The maximum absolute atomic E-state index is 12.6. The number of hydrogen-bond acceptors (Lipinski definition) is 2. The van der Waals surface area contributed by atoms with Crippen molar-refractivity contribution >= 4 is 23.1 Å². The van der Waals surface area contributed by atoms with Gasteiger partial charge in [-0.2, -0.15) is 18.4 Å². The van der Waals surface area contributed by atoms with Crippen molar-refractivity contribution in [3.63, 3.8) is 0 Å². The van der Waals surface area contributed by atoms with Crippen LogP contribution < -0.4 is 0 Å². The van der Waals surface area contributed by atoms with Crippen LogP contribution in [-0.2, 0) is 6.18 Å². The molecule has 0 atom stereocenters. The predicted octanol–water partition coefficient (Wildman–Crippen LogP) is 2.95. The number of alkyl halides is 3. The van der Waals surface area contributed by atoms with E-state index >= 15 is 0 Å². The first-order valence-corrected chi connectivity index (χ1v) is 4.54. The van der Waals surface area contributed by atoms with E-state index in [4.69, 9.17) is 5.26 Å². The van der Waals surface area contributed by atoms with E-state index in [9.17, 15) is 13.2 Å². The normalized spacial score (nSPS) is 10.4. The summed E-state index contributed by atoms with van der Waals surface area (Å²) in [6.07, 6.45) is -4.55. The molecule has 0 aliphatic carbocycles. The van der Waals surface area contributed by atoms with Gasteiger partial charge in [0.15, 0.2) is 0 Å². The lowest BCUT2D eigenvalue weighted by atomic mass is 10.1. The van der Waals surface area contributed by atoms with Crippen molar-refractivity contribution in [2.45, 2.75) is 6.18 Å². The summed E-state index contributed by atoms with van der Waals surface area (Å²) in [4.78, 5) is 0. The summed E-state index contributed by atoms with van der Waals surface area (Å²) in [5.74, 6) is 0. The standard InChI is InChI=1S/C10H6F3N2S/c1-15(6-16)8-3-2-7(5-14)9(4-8)10(11,12)13/h2-4H,1H3/q+1. The Morgan fingerprint density at radius 1 is 1.38 bits per heavy atom. The van der Waals surface area contributed by atoms with Crippen molar-refractivity contribution in [3.05, 3.63) is 29.3 Å². The van der Waals surface area contributed by atoms with Crippen LogP contribution in [0.4, 0.5) is 18.9 Å². The number of halogens is 3. The van der Waals surface area contributed by atoms with Crippen molar-refractivity contribution in [1.82, 2.24) is 0 Å². The predicted molar refractivity (Wildman–Crippen MR) is 54.6 cm³/mol. The molecule has 16 heavy (non-hydrogen) atoms. The van der Waals surface area contributed by atoms with Crippen LogP contribution in [0.15, 0.2) is 18.2 Å². The summed E-state index contributed by atoms with van der Waals surface area (Å²) in [6.45, 7) is 0. The molecule has 2 nitrogen and oxygen atoms in total. The number of isothiocyanates is 1. The Morgan fingerprint density at radius 3 is 2.44 bits per heavy atom. The number of hydrogen-bond donors (Lipinski definition) is 0. The van der Waals surface area contributed by atoms with Crippen molar-refractivity contribution in [3.8, 4) is 6.07 Å². The third-order valence-electron chi connectivity index (χ3n) is 1.95. The first-order valence-electron chi connectivity index (χ1n) is 4.13. The Hall–Kier alpha value is -1.70. The number of nitriles is 1. The molecule has 0 spiro atoms. The van der Waals surface area contributed by atoms with Gasteiger partial charge in [-0.1, -0.05) is 0 Å². The van der Waals surface area contributed by atoms with Gasteiger partial charge in [0.2, 0.25) is 5.69 Å². The van der Waals surface area contributed by atoms with Crippen LogP contribution in [-0.4, -0.2) is 16.8 Å². The summed E-state index contributed by atoms with van der Waals surface area (Å²) in [5.41, 5.74) is -1.14. The molecule has 0 radical (unpaired) electrons. The second-order valence-corrected chi connectivity index (χ2v) is 3.17. The van der Waals surface area contributed by atoms with Gasteiger partial charge in [0, 0.05) is 24.4 Å². The molecule has 0 amide bonds. The molecule has 0 bridgehead atoms. The SMILES string of the molecule is C[N+](=C=S)c1ccc(C#N)c(C(F)(F)F)c1. The van der Waals surface area contributed by atoms with Gasteiger partial charge in [-0.05, 0) is 6.07 Å². The summed E-state index contributed by atoms with van der Waals surface area (Å²) >= 11 is 4.48. The lowest BCUT2D eigenvalue weighted by Gasteiger charge is -2.07. The third kappa shape index (κ3) is 2.45. The third-order valence-corrected chi connectivity index (χ3v) is 2.23. The van der Waals surface area contributed by atoms with Gasteiger partial charge in [0.05, 0.1) is 17.2 Å². The highest BCUT2D eigenvalue weighted by molar-refractivity contribution is 7.78. The highest BCUT2D eigenvalue weighted by Crippen LogP contribution is 2.33. The second-order valence-electron chi connectivity index (χ2n) is 2.99. The molecule has 0 unspecified atom stereocenters. The maximum Gasteiger partial charge on any atom is 0.417 e. The minimum Gasteiger partial charge on any atom is -0.192 e. The molecular formula is C10H6F3N2S+. The Labute approximate surface area is 95.2 Å². The van der Waals surface area contributed by atoms with E-state index in [1.165, 1.54) is 23.8 Å². The quantitative estimate of drug-likeness (QED) is 0.430. The first kappa shape index (κ1) is 12.4. The monoisotopic (exact) mass is 243 g/mol. The van der Waals surface area contributed by atoms with Crippen LogP contribution in [0.25, 0.3) is 0 Å². The van der Waals surface area contributed by atoms with Crippen molar-refractivity contribution in [2.75, 3.05) is 7.05 Å². The highest BCUT2D eigenvalue weighted by Gasteiger charge is 2.34. The average molecular weight is 243 g/mol. The molecule has 1 aromatic rings. The van der Waals surface area contributed by atoms with Gasteiger partial charge in [-0.15, -0.1) is 4.58 Å². The van der Waals surface area contributed by atoms with E-state index in [1.807, 2.05) is 0 Å². The molecule has 0 aromatic heterocycles. The zero-order valence-electron chi connectivity index (χ0n) is 8.17. The van der Waals surface area contributed by atoms with Crippen molar-refractivity contribution in [2.24, 2.45) is 0 Å². The van der Waals surface area contributed by atoms with Gasteiger partial charge >= 0.3 is 6.18 Å². The fourth-order valence-electron chi connectivity index (χ4n) is 1.13. The molecule has 6 heteroatoms. The van der Waals surface area contributed by atoms with E-state index in [2.05, 4.69) is 17.4 Å². The molecule has 1 aromatic carbocycles. The first-order chi connectivity index (χ1) is 7.40. The molecule has 82 valence electrons. The van der Waals surface area contributed by atoms with Crippen molar-refractivity contribution in [1.29, 1.82) is 5.26 Å². The fraction of sp³-hybridized carbons (Fsp3) is 0.200. The largest absolute Gasteiger partial charge is 0.417 e. The van der Waals surface area contributed by atoms with Crippen molar-refractivity contribution < 1.29 is 17.7 Å². The maximum atomic E-state index is 12.6. The summed E-state index contributed by atoms with van der Waals surface area (Å²) in [7, 11) is 1.48. The number of benzene rings is 1. The Morgan fingerprint density at radius 2 is 2.00 bits per heavy atom. The Kier molecular flexibility index (Phi) is 3.43. The summed E-state index contributed by atoms with van der Waals surface area (Å²) in [6, 6.07) is 4.87. The minimum atomic E-state index is -4.55. The number of thiocarbonyl (C=S) groups is 1. The fourth-order valence-corrected chi connectivity index (χ4v) is 1.23. The molecule has 0 heterocycles. The summed E-state index contributed by atoms with van der Waals surface area (Å²) < 4.78 is 38.9. The molecule has 0 aliphatic heterocycles. The zero-order chi connectivity index (χ0) is 12.3. The van der Waals surface area contributed by atoms with Gasteiger partial charge in [0.1, 0.15) is 7.05 Å².